The lowest BCUT2D eigenvalue weighted by molar-refractivity contribution is -0.122. The van der Waals surface area contributed by atoms with Crippen LogP contribution in [0.1, 0.15) is 16.7 Å². The zero-order valence-electron chi connectivity index (χ0n) is 15.3. The third-order valence-corrected chi connectivity index (χ3v) is 4.94. The Morgan fingerprint density at radius 2 is 1.11 bits per heavy atom. The summed E-state index contributed by atoms with van der Waals surface area (Å²) in [6.45, 7) is 1.41. The molecule has 27 heavy (non-hydrogen) atoms. The molecule has 0 bridgehead atoms. The first-order valence-corrected chi connectivity index (χ1v) is 9.74. The van der Waals surface area contributed by atoms with Crippen molar-refractivity contribution in [1.29, 1.82) is 0 Å². The Morgan fingerprint density at radius 3 is 1.52 bits per heavy atom. The SMILES string of the molecule is O=C(CCl)C(Cc1ccccc1)N(Cc1ccccc1)Cc1ccccc1. The van der Waals surface area contributed by atoms with Crippen molar-refractivity contribution in [3.05, 3.63) is 108 Å². The van der Waals surface area contributed by atoms with Gasteiger partial charge in [-0.15, -0.1) is 11.6 Å². The summed E-state index contributed by atoms with van der Waals surface area (Å²) >= 11 is 5.99. The summed E-state index contributed by atoms with van der Waals surface area (Å²) in [4.78, 5) is 15.0. The van der Waals surface area contributed by atoms with Gasteiger partial charge in [0, 0.05) is 13.1 Å². The summed E-state index contributed by atoms with van der Waals surface area (Å²) < 4.78 is 0. The van der Waals surface area contributed by atoms with E-state index in [0.29, 0.717) is 19.5 Å². The Morgan fingerprint density at radius 1 is 0.704 bits per heavy atom. The van der Waals surface area contributed by atoms with Gasteiger partial charge >= 0.3 is 0 Å². The van der Waals surface area contributed by atoms with E-state index in [1.54, 1.807) is 0 Å². The first-order chi connectivity index (χ1) is 13.3. The molecule has 3 heteroatoms. The second-order valence-corrected chi connectivity index (χ2v) is 6.95. The average Bonchev–Trinajstić information content (AvgIpc) is 2.73. The van der Waals surface area contributed by atoms with Crippen LogP contribution in [0, 0.1) is 0 Å². The smallest absolute Gasteiger partial charge is 0.164 e. The van der Waals surface area contributed by atoms with E-state index < -0.39 is 0 Å². The van der Waals surface area contributed by atoms with Crippen LogP contribution in [0.25, 0.3) is 0 Å². The Balaban J connectivity index is 1.89. The van der Waals surface area contributed by atoms with Crippen LogP contribution in [0.15, 0.2) is 91.0 Å². The number of Topliss-reactive ketones (excluding diaryl/α,β-unsaturated/α-hetero) is 1. The lowest BCUT2D eigenvalue weighted by Gasteiger charge is -2.31. The van der Waals surface area contributed by atoms with Crippen molar-refractivity contribution in [1.82, 2.24) is 4.90 Å². The zero-order valence-corrected chi connectivity index (χ0v) is 16.1. The minimum atomic E-state index is -0.259. The van der Waals surface area contributed by atoms with Gasteiger partial charge in [-0.25, -0.2) is 0 Å². The Hall–Kier alpha value is -2.42. The van der Waals surface area contributed by atoms with Gasteiger partial charge in [0.1, 0.15) is 0 Å². The molecule has 3 aromatic carbocycles. The van der Waals surface area contributed by atoms with Crippen LogP contribution in [-0.4, -0.2) is 22.6 Å². The number of alkyl halides is 1. The summed E-state index contributed by atoms with van der Waals surface area (Å²) in [5.41, 5.74) is 3.52. The third kappa shape index (κ3) is 5.78. The summed E-state index contributed by atoms with van der Waals surface area (Å²) in [6, 6.07) is 30.4. The van der Waals surface area contributed by atoms with Crippen LogP contribution in [-0.2, 0) is 24.3 Å². The van der Waals surface area contributed by atoms with Gasteiger partial charge in [-0.05, 0) is 23.1 Å². The summed E-state index contributed by atoms with van der Waals surface area (Å²) in [5, 5.41) is 0. The lowest BCUT2D eigenvalue weighted by Crippen LogP contribution is -2.42. The molecule has 0 amide bonds. The Bertz CT molecular complexity index is 779. The van der Waals surface area contributed by atoms with Gasteiger partial charge < -0.3 is 0 Å². The van der Waals surface area contributed by atoms with Gasteiger partial charge in [-0.3, -0.25) is 9.69 Å². The third-order valence-electron chi connectivity index (χ3n) is 4.67. The molecule has 3 rings (SSSR count). The second-order valence-electron chi connectivity index (χ2n) is 6.68. The number of nitrogens with zero attached hydrogens (tertiary/aromatic N) is 1. The van der Waals surface area contributed by atoms with Gasteiger partial charge in [0.05, 0.1) is 11.9 Å². The molecule has 2 nitrogen and oxygen atoms in total. The molecular weight excluding hydrogens is 354 g/mol. The van der Waals surface area contributed by atoms with E-state index in [-0.39, 0.29) is 17.7 Å². The number of carbonyl (C=O) groups is 1. The summed E-state index contributed by atoms with van der Waals surface area (Å²) in [5.74, 6) is 0.0878. The fourth-order valence-electron chi connectivity index (χ4n) is 3.29. The minimum absolute atomic E-state index is 0.0254. The highest BCUT2D eigenvalue weighted by Gasteiger charge is 2.26. The van der Waals surface area contributed by atoms with Crippen LogP contribution in [0.5, 0.6) is 0 Å². The normalized spacial score (nSPS) is 12.1. The van der Waals surface area contributed by atoms with E-state index in [0.717, 1.165) is 5.56 Å². The molecule has 0 N–H and O–H groups in total. The molecule has 0 radical (unpaired) electrons. The highest BCUT2D eigenvalue weighted by atomic mass is 35.5. The number of hydrogen-bond donors (Lipinski definition) is 0. The van der Waals surface area contributed by atoms with Crippen molar-refractivity contribution in [2.24, 2.45) is 0 Å². The number of ketones is 1. The second kappa shape index (κ2) is 10.1. The van der Waals surface area contributed by atoms with Gasteiger partial charge in [-0.1, -0.05) is 91.0 Å². The fourth-order valence-corrected chi connectivity index (χ4v) is 3.46. The number of benzene rings is 3. The summed E-state index contributed by atoms with van der Waals surface area (Å²) in [7, 11) is 0. The van der Waals surface area contributed by atoms with E-state index in [4.69, 9.17) is 11.6 Å². The Labute approximate surface area is 166 Å². The van der Waals surface area contributed by atoms with Crippen molar-refractivity contribution >= 4 is 17.4 Å². The van der Waals surface area contributed by atoms with Crippen molar-refractivity contribution in [2.45, 2.75) is 25.6 Å². The molecule has 0 spiro atoms. The standard InChI is InChI=1S/C24H24ClNO/c25-17-24(27)23(16-20-10-4-1-5-11-20)26(18-21-12-6-2-7-13-21)19-22-14-8-3-9-15-22/h1-15,23H,16-19H2. The predicted octanol–water partition coefficient (Wildman–Crippen LogP) is 5.11. The number of rotatable bonds is 9. The zero-order chi connectivity index (χ0) is 18.9. The van der Waals surface area contributed by atoms with E-state index in [1.807, 2.05) is 54.6 Å². The van der Waals surface area contributed by atoms with E-state index in [2.05, 4.69) is 41.3 Å². The van der Waals surface area contributed by atoms with Gasteiger partial charge in [0.25, 0.3) is 0 Å². The number of halogens is 1. The van der Waals surface area contributed by atoms with E-state index in [9.17, 15) is 4.79 Å². The van der Waals surface area contributed by atoms with Crippen LogP contribution in [0.3, 0.4) is 0 Å². The molecule has 138 valence electrons. The molecule has 0 aliphatic carbocycles. The molecule has 0 aliphatic rings. The van der Waals surface area contributed by atoms with Crippen LogP contribution < -0.4 is 0 Å². The number of hydrogen-bond acceptors (Lipinski definition) is 2. The summed E-state index contributed by atoms with van der Waals surface area (Å²) in [6.07, 6.45) is 0.659. The quantitative estimate of drug-likeness (QED) is 0.483. The van der Waals surface area contributed by atoms with Gasteiger partial charge in [-0.2, -0.15) is 0 Å². The highest BCUT2D eigenvalue weighted by molar-refractivity contribution is 6.28. The Kier molecular flexibility index (Phi) is 7.20. The largest absolute Gasteiger partial charge is 0.297 e. The van der Waals surface area contributed by atoms with E-state index in [1.165, 1.54) is 11.1 Å². The van der Waals surface area contributed by atoms with Crippen molar-refractivity contribution in [3.8, 4) is 0 Å². The van der Waals surface area contributed by atoms with Crippen molar-refractivity contribution < 1.29 is 4.79 Å². The molecule has 0 aliphatic heterocycles. The number of carbonyl (C=O) groups excluding carboxylic acids is 1. The predicted molar refractivity (Wildman–Crippen MR) is 112 cm³/mol. The fraction of sp³-hybridized carbons (Fsp3) is 0.208. The van der Waals surface area contributed by atoms with Crippen molar-refractivity contribution in [2.75, 3.05) is 5.88 Å². The topological polar surface area (TPSA) is 20.3 Å². The monoisotopic (exact) mass is 377 g/mol. The van der Waals surface area contributed by atoms with Crippen LogP contribution >= 0.6 is 11.6 Å². The minimum Gasteiger partial charge on any atom is -0.297 e. The van der Waals surface area contributed by atoms with Crippen LogP contribution in [0.4, 0.5) is 0 Å². The molecule has 0 saturated heterocycles. The van der Waals surface area contributed by atoms with Gasteiger partial charge in [0.2, 0.25) is 0 Å². The molecule has 0 saturated carbocycles. The van der Waals surface area contributed by atoms with Crippen LogP contribution in [0.2, 0.25) is 0 Å². The molecule has 0 heterocycles. The molecule has 1 unspecified atom stereocenters. The van der Waals surface area contributed by atoms with E-state index >= 15 is 0 Å². The molecule has 1 atom stereocenters. The molecule has 0 fully saturated rings. The maximum absolute atomic E-state index is 12.8. The van der Waals surface area contributed by atoms with Gasteiger partial charge in [0.15, 0.2) is 5.78 Å². The maximum atomic E-state index is 12.8. The molecular formula is C24H24ClNO. The highest BCUT2D eigenvalue weighted by Crippen LogP contribution is 2.18. The lowest BCUT2D eigenvalue weighted by atomic mass is 10.00. The first kappa shape index (κ1) is 19.3. The molecule has 3 aromatic rings. The van der Waals surface area contributed by atoms with Crippen molar-refractivity contribution in [3.63, 3.8) is 0 Å². The maximum Gasteiger partial charge on any atom is 0.164 e. The average molecular weight is 378 g/mol. The first-order valence-electron chi connectivity index (χ1n) is 9.21. The molecule has 0 aromatic heterocycles.